The molecule has 6 rings (SSSR count). The molecule has 11 heteroatoms. The summed E-state index contributed by atoms with van der Waals surface area (Å²) in [6.45, 7) is 6.15. The van der Waals surface area contributed by atoms with E-state index in [1.54, 1.807) is 9.80 Å². The van der Waals surface area contributed by atoms with E-state index in [0.29, 0.717) is 35.8 Å². The fraction of sp³-hybridized carbons (Fsp3) is 0.357. The van der Waals surface area contributed by atoms with Crippen LogP contribution in [0.3, 0.4) is 0 Å². The average molecular weight is 594 g/mol. The van der Waals surface area contributed by atoms with Crippen molar-refractivity contribution in [3.05, 3.63) is 58.1 Å². The number of fused-ring (bicyclic) bond motifs is 4. The van der Waals surface area contributed by atoms with Crippen LogP contribution in [0.15, 0.2) is 57.1 Å². The van der Waals surface area contributed by atoms with Gasteiger partial charge in [0.05, 0.1) is 23.3 Å². The molecule has 3 aliphatic rings. The summed E-state index contributed by atoms with van der Waals surface area (Å²) in [5.74, 6) is -0.222. The molecule has 2 amide bonds. The number of aliphatic imine (C=N–C) groups is 1. The SMILES string of the molecule is CC(C)(C)OC(=O)N1C[C@@H]2C[C@H]1CN2C(=O)CO/N=C1/C(c2c(O)[nH]c3ccc(Br)cc23)=Nc2ccccc21. The van der Waals surface area contributed by atoms with E-state index in [1.165, 1.54) is 0 Å². The van der Waals surface area contributed by atoms with E-state index in [-0.39, 0.29) is 36.6 Å². The number of benzene rings is 2. The minimum atomic E-state index is -0.567. The predicted molar refractivity (Wildman–Crippen MR) is 150 cm³/mol. The highest BCUT2D eigenvalue weighted by molar-refractivity contribution is 9.10. The van der Waals surface area contributed by atoms with Gasteiger partial charge in [0.1, 0.15) is 17.0 Å². The third-order valence-electron chi connectivity index (χ3n) is 7.13. The first-order valence-corrected chi connectivity index (χ1v) is 13.6. The van der Waals surface area contributed by atoms with Crippen LogP contribution in [0.5, 0.6) is 5.88 Å². The van der Waals surface area contributed by atoms with Gasteiger partial charge < -0.3 is 29.5 Å². The van der Waals surface area contributed by atoms with E-state index in [1.807, 2.05) is 63.2 Å². The number of para-hydroxylation sites is 1. The summed E-state index contributed by atoms with van der Waals surface area (Å²) in [5, 5.41) is 15.9. The summed E-state index contributed by atoms with van der Waals surface area (Å²) in [6.07, 6.45) is 0.378. The molecular formula is C28H28BrN5O5. The average Bonchev–Trinajstić information content (AvgIpc) is 3.63. The lowest BCUT2D eigenvalue weighted by molar-refractivity contribution is -0.138. The van der Waals surface area contributed by atoms with Crippen LogP contribution in [-0.2, 0) is 14.4 Å². The molecule has 202 valence electrons. The Bertz CT molecular complexity index is 1560. The Kier molecular flexibility index (Phi) is 6.13. The molecule has 2 saturated heterocycles. The first kappa shape index (κ1) is 25.4. The number of aromatic hydroxyl groups is 1. The molecule has 4 heterocycles. The molecule has 0 unspecified atom stereocenters. The van der Waals surface area contributed by atoms with Crippen LogP contribution in [0.2, 0.25) is 0 Å². The number of hydrogen-bond acceptors (Lipinski definition) is 7. The van der Waals surface area contributed by atoms with Crippen LogP contribution in [0, 0.1) is 0 Å². The van der Waals surface area contributed by atoms with E-state index in [9.17, 15) is 14.7 Å². The molecular weight excluding hydrogens is 566 g/mol. The molecule has 2 N–H and O–H groups in total. The maximum Gasteiger partial charge on any atom is 0.410 e. The number of aromatic amines is 1. The van der Waals surface area contributed by atoms with Crippen molar-refractivity contribution >= 4 is 55.9 Å². The molecule has 2 fully saturated rings. The number of piperazine rings is 1. The van der Waals surface area contributed by atoms with Gasteiger partial charge in [-0.2, -0.15) is 0 Å². The number of H-pyrrole nitrogens is 1. The Balaban J connectivity index is 1.18. The Morgan fingerprint density at radius 3 is 2.64 bits per heavy atom. The van der Waals surface area contributed by atoms with Crippen molar-refractivity contribution in [1.29, 1.82) is 0 Å². The molecule has 3 aliphatic heterocycles. The number of halogens is 1. The highest BCUT2D eigenvalue weighted by atomic mass is 79.9. The largest absolute Gasteiger partial charge is 0.494 e. The lowest BCUT2D eigenvalue weighted by atomic mass is 10.0. The Morgan fingerprint density at radius 2 is 1.90 bits per heavy atom. The van der Waals surface area contributed by atoms with Crippen molar-refractivity contribution in [3.63, 3.8) is 0 Å². The number of oxime groups is 1. The van der Waals surface area contributed by atoms with Gasteiger partial charge in [-0.1, -0.05) is 39.3 Å². The number of carbonyl (C=O) groups is 2. The van der Waals surface area contributed by atoms with E-state index in [4.69, 9.17) is 14.6 Å². The molecule has 0 radical (unpaired) electrons. The lowest BCUT2D eigenvalue weighted by Crippen LogP contribution is -2.52. The number of rotatable bonds is 4. The number of ether oxygens (including phenoxy) is 1. The molecule has 10 nitrogen and oxygen atoms in total. The third-order valence-corrected chi connectivity index (χ3v) is 7.62. The number of amides is 2. The monoisotopic (exact) mass is 593 g/mol. The molecule has 0 aliphatic carbocycles. The van der Waals surface area contributed by atoms with E-state index in [0.717, 1.165) is 27.4 Å². The van der Waals surface area contributed by atoms with Crippen LogP contribution >= 0.6 is 15.9 Å². The Morgan fingerprint density at radius 1 is 1.15 bits per heavy atom. The Hall–Kier alpha value is -3.86. The molecule has 0 spiro atoms. The third kappa shape index (κ3) is 4.64. The molecule has 0 saturated carbocycles. The van der Waals surface area contributed by atoms with Gasteiger partial charge in [0, 0.05) is 34.0 Å². The second kappa shape index (κ2) is 9.41. The van der Waals surface area contributed by atoms with Gasteiger partial charge in [-0.15, -0.1) is 0 Å². The second-order valence-electron chi connectivity index (χ2n) is 11.0. The second-order valence-corrected chi connectivity index (χ2v) is 11.9. The van der Waals surface area contributed by atoms with Gasteiger partial charge in [-0.3, -0.25) is 4.79 Å². The Labute approximate surface area is 233 Å². The fourth-order valence-corrected chi connectivity index (χ4v) is 5.84. The van der Waals surface area contributed by atoms with Gasteiger partial charge in [-0.25, -0.2) is 9.79 Å². The minimum Gasteiger partial charge on any atom is -0.494 e. The van der Waals surface area contributed by atoms with E-state index >= 15 is 0 Å². The highest BCUT2D eigenvalue weighted by Gasteiger charge is 2.48. The first-order chi connectivity index (χ1) is 18.6. The summed E-state index contributed by atoms with van der Waals surface area (Å²) in [6, 6.07) is 13.0. The smallest absolute Gasteiger partial charge is 0.410 e. The zero-order chi connectivity index (χ0) is 27.5. The van der Waals surface area contributed by atoms with Gasteiger partial charge >= 0.3 is 6.09 Å². The van der Waals surface area contributed by atoms with Crippen molar-refractivity contribution < 1.29 is 24.3 Å². The number of nitrogens with one attached hydrogen (secondary N) is 1. The van der Waals surface area contributed by atoms with Crippen LogP contribution in [0.4, 0.5) is 10.5 Å². The number of aromatic nitrogens is 1. The standard InChI is InChI=1S/C28H28BrN5O5/c1-28(2,3)39-27(37)34-13-16-11-17(34)12-33(16)22(35)14-38-32-24-18-6-4-5-7-20(18)30-25(24)23-19-10-15(29)8-9-21(19)31-26(23)36/h4-10,16-17,31,36H,11-14H2,1-3H3/b32-24+/t16-,17-/m0/s1. The van der Waals surface area contributed by atoms with Gasteiger partial charge in [0.25, 0.3) is 5.91 Å². The van der Waals surface area contributed by atoms with Crippen LogP contribution in [0.1, 0.15) is 38.3 Å². The van der Waals surface area contributed by atoms with Crippen LogP contribution < -0.4 is 0 Å². The van der Waals surface area contributed by atoms with Crippen LogP contribution in [-0.4, -0.2) is 80.7 Å². The minimum absolute atomic E-state index is 0.0268. The summed E-state index contributed by atoms with van der Waals surface area (Å²) in [4.78, 5) is 42.4. The normalized spacial score (nSPS) is 21.0. The van der Waals surface area contributed by atoms with E-state index in [2.05, 4.69) is 26.1 Å². The predicted octanol–water partition coefficient (Wildman–Crippen LogP) is 4.71. The van der Waals surface area contributed by atoms with Gasteiger partial charge in [-0.05, 0) is 51.5 Å². The molecule has 2 aromatic carbocycles. The van der Waals surface area contributed by atoms with E-state index < -0.39 is 5.60 Å². The number of hydrogen-bond donors (Lipinski definition) is 2. The summed E-state index contributed by atoms with van der Waals surface area (Å²) < 4.78 is 6.37. The quantitative estimate of drug-likeness (QED) is 0.424. The molecule has 1 aromatic heterocycles. The number of nitrogens with zero attached hydrogens (tertiary/aromatic N) is 4. The molecule has 39 heavy (non-hydrogen) atoms. The van der Waals surface area contributed by atoms with Crippen LogP contribution in [0.25, 0.3) is 10.9 Å². The van der Waals surface area contributed by atoms with Crippen molar-refractivity contribution in [2.45, 2.75) is 44.9 Å². The summed E-state index contributed by atoms with van der Waals surface area (Å²) >= 11 is 3.49. The number of carbonyl (C=O) groups excluding carboxylic acids is 2. The molecule has 2 bridgehead atoms. The molecule has 2 atom stereocenters. The van der Waals surface area contributed by atoms with Crippen molar-refractivity contribution in [1.82, 2.24) is 14.8 Å². The fourth-order valence-electron chi connectivity index (χ4n) is 5.48. The maximum absolute atomic E-state index is 13.1. The van der Waals surface area contributed by atoms with Crippen molar-refractivity contribution in [2.24, 2.45) is 10.1 Å². The molecule has 3 aromatic rings. The highest BCUT2D eigenvalue weighted by Crippen LogP contribution is 2.37. The zero-order valence-corrected chi connectivity index (χ0v) is 23.4. The van der Waals surface area contributed by atoms with Gasteiger partial charge in [0.15, 0.2) is 12.5 Å². The maximum atomic E-state index is 13.1. The number of likely N-dealkylation sites (tertiary alicyclic amines) is 2. The first-order valence-electron chi connectivity index (χ1n) is 12.8. The summed E-state index contributed by atoms with van der Waals surface area (Å²) in [5.41, 5.74) is 3.04. The zero-order valence-electron chi connectivity index (χ0n) is 21.8. The summed E-state index contributed by atoms with van der Waals surface area (Å²) in [7, 11) is 0. The van der Waals surface area contributed by atoms with Gasteiger partial charge in [0.2, 0.25) is 0 Å². The van der Waals surface area contributed by atoms with Crippen molar-refractivity contribution in [2.75, 3.05) is 19.7 Å². The lowest BCUT2D eigenvalue weighted by Gasteiger charge is -2.35. The van der Waals surface area contributed by atoms with Crippen molar-refractivity contribution in [3.8, 4) is 5.88 Å². The topological polar surface area (TPSA) is 120 Å².